The van der Waals surface area contributed by atoms with Crippen LogP contribution in [0, 0.1) is 5.82 Å². The van der Waals surface area contributed by atoms with E-state index in [0.29, 0.717) is 27.8 Å². The van der Waals surface area contributed by atoms with Gasteiger partial charge in [0.1, 0.15) is 11.6 Å². The van der Waals surface area contributed by atoms with E-state index in [9.17, 15) is 9.18 Å². The van der Waals surface area contributed by atoms with E-state index in [2.05, 4.69) is 10.6 Å². The number of hydrogen-bond acceptors (Lipinski definition) is 3. The van der Waals surface area contributed by atoms with Gasteiger partial charge in [0.05, 0.1) is 18.7 Å². The number of amides is 1. The lowest BCUT2D eigenvalue weighted by Gasteiger charge is -2.38. The van der Waals surface area contributed by atoms with Gasteiger partial charge >= 0.3 is 0 Å². The summed E-state index contributed by atoms with van der Waals surface area (Å²) in [6.45, 7) is 1.86. The molecule has 1 aliphatic heterocycles. The van der Waals surface area contributed by atoms with E-state index < -0.39 is 6.04 Å². The number of rotatable bonds is 5. The summed E-state index contributed by atoms with van der Waals surface area (Å²) in [5.41, 5.74) is 3.40. The van der Waals surface area contributed by atoms with Crippen LogP contribution in [-0.4, -0.2) is 18.1 Å². The highest BCUT2D eigenvalue weighted by Gasteiger charge is 2.34. The number of carbonyl (C=O) groups excluding carboxylic acids is 1. The van der Waals surface area contributed by atoms with Crippen molar-refractivity contribution in [1.82, 2.24) is 5.32 Å². The van der Waals surface area contributed by atoms with Crippen molar-refractivity contribution < 1.29 is 13.9 Å². The van der Waals surface area contributed by atoms with Gasteiger partial charge in [0.15, 0.2) is 5.11 Å². The van der Waals surface area contributed by atoms with E-state index in [-0.39, 0.29) is 11.7 Å². The number of para-hydroxylation sites is 1. The zero-order chi connectivity index (χ0) is 22.7. The Morgan fingerprint density at radius 3 is 2.31 bits per heavy atom. The van der Waals surface area contributed by atoms with E-state index in [1.807, 2.05) is 42.2 Å². The molecule has 0 fully saturated rings. The Kier molecular flexibility index (Phi) is 6.18. The van der Waals surface area contributed by atoms with Crippen LogP contribution in [0.15, 0.2) is 90.1 Å². The Morgan fingerprint density at radius 2 is 1.69 bits per heavy atom. The quantitative estimate of drug-likeness (QED) is 0.528. The molecule has 0 radical (unpaired) electrons. The number of ether oxygens (including phenoxy) is 1. The lowest BCUT2D eigenvalue weighted by Crippen LogP contribution is -2.48. The molecule has 1 atom stereocenters. The minimum Gasteiger partial charge on any atom is -0.497 e. The smallest absolute Gasteiger partial charge is 0.255 e. The summed E-state index contributed by atoms with van der Waals surface area (Å²) in [4.78, 5) is 15.3. The molecule has 32 heavy (non-hydrogen) atoms. The van der Waals surface area contributed by atoms with Crippen molar-refractivity contribution in [2.45, 2.75) is 13.0 Å². The maximum atomic E-state index is 13.5. The minimum absolute atomic E-state index is 0.280. The van der Waals surface area contributed by atoms with Crippen molar-refractivity contribution in [1.29, 1.82) is 0 Å². The highest BCUT2D eigenvalue weighted by molar-refractivity contribution is 7.80. The van der Waals surface area contributed by atoms with Crippen LogP contribution in [0.5, 0.6) is 5.75 Å². The number of benzene rings is 3. The van der Waals surface area contributed by atoms with Gasteiger partial charge in [-0.25, -0.2) is 4.39 Å². The predicted octanol–water partition coefficient (Wildman–Crippen LogP) is 5.18. The molecule has 0 aromatic heterocycles. The van der Waals surface area contributed by atoms with Gasteiger partial charge in [-0.1, -0.05) is 30.3 Å². The summed E-state index contributed by atoms with van der Waals surface area (Å²) in [6.07, 6.45) is 0. The highest BCUT2D eigenvalue weighted by Crippen LogP contribution is 2.34. The molecule has 1 amide bonds. The number of nitrogens with zero attached hydrogens (tertiary/aromatic N) is 1. The van der Waals surface area contributed by atoms with Gasteiger partial charge in [0.2, 0.25) is 0 Å². The van der Waals surface area contributed by atoms with Crippen LogP contribution in [-0.2, 0) is 4.79 Å². The molecule has 7 heteroatoms. The zero-order valence-electron chi connectivity index (χ0n) is 17.6. The summed E-state index contributed by atoms with van der Waals surface area (Å²) >= 11 is 5.65. The van der Waals surface area contributed by atoms with Crippen molar-refractivity contribution in [2.24, 2.45) is 0 Å². The number of anilines is 2. The third kappa shape index (κ3) is 4.33. The molecular formula is C25H22FN3O2S. The van der Waals surface area contributed by atoms with Crippen molar-refractivity contribution >= 4 is 34.6 Å². The molecule has 0 bridgehead atoms. The average molecular weight is 448 g/mol. The summed E-state index contributed by atoms with van der Waals surface area (Å²) in [6, 6.07) is 22.2. The van der Waals surface area contributed by atoms with Crippen LogP contribution < -0.4 is 20.3 Å². The molecule has 5 nitrogen and oxygen atoms in total. The monoisotopic (exact) mass is 447 g/mol. The number of thiocarbonyl (C=S) groups is 1. The predicted molar refractivity (Wildman–Crippen MR) is 128 cm³/mol. The Morgan fingerprint density at radius 1 is 1.03 bits per heavy atom. The van der Waals surface area contributed by atoms with Crippen molar-refractivity contribution in [3.63, 3.8) is 0 Å². The second-order valence-corrected chi connectivity index (χ2v) is 7.67. The van der Waals surface area contributed by atoms with Gasteiger partial charge < -0.3 is 15.4 Å². The fraction of sp³-hybridized carbons (Fsp3) is 0.120. The SMILES string of the molecule is COc1ccc(NC(=O)C2=C(C)N(c3ccccc3)C(=S)NC2c2ccc(F)cc2)cc1. The summed E-state index contributed by atoms with van der Waals surface area (Å²) < 4.78 is 18.7. The second kappa shape index (κ2) is 9.20. The number of methoxy groups -OCH3 is 1. The van der Waals surface area contributed by atoms with Crippen LogP contribution in [0.4, 0.5) is 15.8 Å². The van der Waals surface area contributed by atoms with Gasteiger partial charge in [-0.3, -0.25) is 9.69 Å². The van der Waals surface area contributed by atoms with Crippen LogP contribution in [0.1, 0.15) is 18.5 Å². The standard InChI is InChI=1S/C25H22FN3O2S/c1-16-22(24(30)27-19-12-14-21(31-2)15-13-19)23(17-8-10-18(26)11-9-17)28-25(32)29(16)20-6-4-3-5-7-20/h3-15,23H,1-2H3,(H,27,30)(H,28,32). The van der Waals surface area contributed by atoms with Crippen LogP contribution >= 0.6 is 12.2 Å². The maximum Gasteiger partial charge on any atom is 0.255 e. The van der Waals surface area contributed by atoms with Crippen molar-refractivity contribution in [2.75, 3.05) is 17.3 Å². The fourth-order valence-electron chi connectivity index (χ4n) is 3.70. The van der Waals surface area contributed by atoms with E-state index in [0.717, 1.165) is 11.3 Å². The number of hydrogen-bond donors (Lipinski definition) is 2. The molecular weight excluding hydrogens is 425 g/mol. The van der Waals surface area contributed by atoms with Gasteiger partial charge in [0.25, 0.3) is 5.91 Å². The Balaban J connectivity index is 1.76. The fourth-order valence-corrected chi connectivity index (χ4v) is 4.06. The molecule has 1 unspecified atom stereocenters. The molecule has 0 spiro atoms. The van der Waals surface area contributed by atoms with Crippen LogP contribution in [0.3, 0.4) is 0 Å². The van der Waals surface area contributed by atoms with Gasteiger partial charge in [-0.15, -0.1) is 0 Å². The molecule has 3 aromatic rings. The number of nitrogens with one attached hydrogen (secondary N) is 2. The Bertz CT molecular complexity index is 1160. The molecule has 4 rings (SSSR count). The number of allylic oxidation sites excluding steroid dienone is 1. The molecule has 3 aromatic carbocycles. The van der Waals surface area contributed by atoms with Crippen LogP contribution in [0.2, 0.25) is 0 Å². The number of carbonyl (C=O) groups is 1. The first-order valence-corrected chi connectivity index (χ1v) is 10.5. The normalized spacial score (nSPS) is 15.9. The average Bonchev–Trinajstić information content (AvgIpc) is 2.80. The third-order valence-corrected chi connectivity index (χ3v) is 5.60. The zero-order valence-corrected chi connectivity index (χ0v) is 18.4. The van der Waals surface area contributed by atoms with Gasteiger partial charge in [-0.2, -0.15) is 0 Å². The van der Waals surface area contributed by atoms with E-state index in [4.69, 9.17) is 17.0 Å². The van der Waals surface area contributed by atoms with E-state index in [1.54, 1.807) is 43.5 Å². The summed E-state index contributed by atoms with van der Waals surface area (Å²) in [5.74, 6) is 0.0726. The summed E-state index contributed by atoms with van der Waals surface area (Å²) in [7, 11) is 1.59. The first-order chi connectivity index (χ1) is 15.5. The molecule has 1 heterocycles. The number of halogens is 1. The maximum absolute atomic E-state index is 13.5. The highest BCUT2D eigenvalue weighted by atomic mass is 32.1. The first-order valence-electron chi connectivity index (χ1n) is 10.0. The van der Waals surface area contributed by atoms with Gasteiger partial charge in [0, 0.05) is 17.1 Å². The lowest BCUT2D eigenvalue weighted by molar-refractivity contribution is -0.113. The van der Waals surface area contributed by atoms with Crippen molar-refractivity contribution in [3.05, 3.63) is 102 Å². The third-order valence-electron chi connectivity index (χ3n) is 5.30. The minimum atomic E-state index is -0.527. The van der Waals surface area contributed by atoms with Crippen LogP contribution in [0.25, 0.3) is 0 Å². The summed E-state index contributed by atoms with van der Waals surface area (Å²) in [5, 5.41) is 6.68. The molecule has 0 saturated carbocycles. The molecule has 0 saturated heterocycles. The second-order valence-electron chi connectivity index (χ2n) is 7.29. The topological polar surface area (TPSA) is 53.6 Å². The molecule has 0 aliphatic carbocycles. The molecule has 2 N–H and O–H groups in total. The van der Waals surface area contributed by atoms with E-state index >= 15 is 0 Å². The Hall–Kier alpha value is -3.71. The molecule has 162 valence electrons. The van der Waals surface area contributed by atoms with Crippen molar-refractivity contribution in [3.8, 4) is 5.75 Å². The van der Waals surface area contributed by atoms with Gasteiger partial charge in [-0.05, 0) is 73.2 Å². The largest absolute Gasteiger partial charge is 0.497 e. The molecule has 1 aliphatic rings. The first kappa shape index (κ1) is 21.5. The lowest BCUT2D eigenvalue weighted by atomic mass is 9.94. The van der Waals surface area contributed by atoms with E-state index in [1.165, 1.54) is 12.1 Å². The Labute approximate surface area is 191 Å².